The van der Waals surface area contributed by atoms with E-state index in [-0.39, 0.29) is 31.8 Å². The molecule has 0 aliphatic carbocycles. The smallest absolute Gasteiger partial charge is 0.408 e. The van der Waals surface area contributed by atoms with E-state index in [0.29, 0.717) is 24.2 Å². The third-order valence-corrected chi connectivity index (χ3v) is 8.48. The highest BCUT2D eigenvalue weighted by Crippen LogP contribution is 2.39. The number of ether oxygens (including phenoxy) is 3. The highest BCUT2D eigenvalue weighted by atomic mass is 16.7. The van der Waals surface area contributed by atoms with Gasteiger partial charge in [-0.3, -0.25) is 14.5 Å². The first-order valence-corrected chi connectivity index (χ1v) is 16.0. The Bertz CT molecular complexity index is 1700. The third kappa shape index (κ3) is 8.15. The summed E-state index contributed by atoms with van der Waals surface area (Å²) in [6, 6.07) is 33.1. The quantitative estimate of drug-likeness (QED) is 0.207. The van der Waals surface area contributed by atoms with E-state index < -0.39 is 30.2 Å². The SMILES string of the molecule is CN(Cc1ccccc1)CC1CC(c2ccc(CO)cc2)OC(c2cccc(N3C(=O)CC(NC(=O)OCc4ccccc4)C3=O)c2)O1. The van der Waals surface area contributed by atoms with Crippen LogP contribution < -0.4 is 10.2 Å². The normalized spacial score (nSPS) is 21.0. The maximum Gasteiger partial charge on any atom is 0.408 e. The average molecular weight is 650 g/mol. The fourth-order valence-corrected chi connectivity index (χ4v) is 6.07. The molecule has 2 saturated heterocycles. The molecule has 0 saturated carbocycles. The number of rotatable bonds is 11. The van der Waals surface area contributed by atoms with Crippen LogP contribution in [0.5, 0.6) is 0 Å². The van der Waals surface area contributed by atoms with Crippen molar-refractivity contribution in [2.24, 2.45) is 0 Å². The van der Waals surface area contributed by atoms with Crippen LogP contribution in [0.15, 0.2) is 109 Å². The lowest BCUT2D eigenvalue weighted by atomic mass is 9.99. The lowest BCUT2D eigenvalue weighted by Gasteiger charge is -2.38. The topological polar surface area (TPSA) is 118 Å². The molecule has 2 N–H and O–H groups in total. The molecular formula is C38H39N3O7. The van der Waals surface area contributed by atoms with Gasteiger partial charge in [-0.05, 0) is 41.4 Å². The minimum atomic E-state index is -1.04. The highest BCUT2D eigenvalue weighted by molar-refractivity contribution is 6.22. The number of alkyl carbamates (subject to hydrolysis) is 1. The van der Waals surface area contributed by atoms with Gasteiger partial charge in [0, 0.05) is 25.1 Å². The summed E-state index contributed by atoms with van der Waals surface area (Å²) < 4.78 is 18.3. The standard InChI is InChI=1S/C38H39N3O7/c1-40(22-26-9-4-2-5-10-26)23-32-20-34(29-17-15-27(24-42)16-18-29)48-37(47-32)30-13-8-14-31(19-30)41-35(43)21-33(36(41)44)39-38(45)46-25-28-11-6-3-7-12-28/h2-19,32-34,37,42H,20-25H2,1H3,(H,39,45). The first-order chi connectivity index (χ1) is 23.4. The minimum absolute atomic E-state index is 0.0452. The van der Waals surface area contributed by atoms with Gasteiger partial charge in [0.1, 0.15) is 12.6 Å². The molecule has 4 atom stereocenters. The number of aliphatic hydroxyl groups is 1. The molecule has 4 aromatic carbocycles. The Morgan fingerprint density at radius 3 is 2.29 bits per heavy atom. The Hall–Kier alpha value is -4.87. The largest absolute Gasteiger partial charge is 0.445 e. The number of carbonyl (C=O) groups excluding carboxylic acids is 3. The number of hydrogen-bond acceptors (Lipinski definition) is 8. The number of benzene rings is 4. The van der Waals surface area contributed by atoms with Crippen LogP contribution in [0.4, 0.5) is 10.5 Å². The van der Waals surface area contributed by atoms with Crippen LogP contribution in [0.25, 0.3) is 0 Å². The number of carbonyl (C=O) groups is 3. The third-order valence-electron chi connectivity index (χ3n) is 8.48. The molecule has 6 rings (SSSR count). The summed E-state index contributed by atoms with van der Waals surface area (Å²) in [6.45, 7) is 1.41. The molecule has 3 amide bonds. The molecule has 0 bridgehead atoms. The van der Waals surface area contributed by atoms with Gasteiger partial charge in [0.2, 0.25) is 5.91 Å². The lowest BCUT2D eigenvalue weighted by Crippen LogP contribution is -2.42. The Labute approximate surface area is 279 Å². The second-order valence-corrected chi connectivity index (χ2v) is 12.2. The van der Waals surface area contributed by atoms with Crippen molar-refractivity contribution in [2.75, 3.05) is 18.5 Å². The van der Waals surface area contributed by atoms with Crippen molar-refractivity contribution < 1.29 is 33.7 Å². The first kappa shape index (κ1) is 33.0. The van der Waals surface area contributed by atoms with Gasteiger partial charge in [-0.1, -0.05) is 97.1 Å². The number of hydrogen-bond donors (Lipinski definition) is 2. The van der Waals surface area contributed by atoms with Crippen LogP contribution in [-0.2, 0) is 43.6 Å². The van der Waals surface area contributed by atoms with Gasteiger partial charge < -0.3 is 24.6 Å². The second kappa shape index (κ2) is 15.4. The van der Waals surface area contributed by atoms with Crippen LogP contribution in [0.3, 0.4) is 0 Å². The first-order valence-electron chi connectivity index (χ1n) is 16.0. The summed E-state index contributed by atoms with van der Waals surface area (Å²) in [6.07, 6.45) is -1.58. The van der Waals surface area contributed by atoms with Gasteiger partial charge in [-0.25, -0.2) is 9.69 Å². The van der Waals surface area contributed by atoms with Gasteiger partial charge in [-0.2, -0.15) is 0 Å². The van der Waals surface area contributed by atoms with Crippen LogP contribution in [-0.4, -0.2) is 53.7 Å². The van der Waals surface area contributed by atoms with E-state index in [1.165, 1.54) is 5.56 Å². The van der Waals surface area contributed by atoms with E-state index in [9.17, 15) is 19.5 Å². The molecule has 10 nitrogen and oxygen atoms in total. The predicted octanol–water partition coefficient (Wildman–Crippen LogP) is 5.41. The van der Waals surface area contributed by atoms with Crippen molar-refractivity contribution in [1.82, 2.24) is 10.2 Å². The predicted molar refractivity (Wildman–Crippen MR) is 178 cm³/mol. The van der Waals surface area contributed by atoms with Crippen LogP contribution in [0.1, 0.15) is 53.1 Å². The molecule has 0 spiro atoms. The summed E-state index contributed by atoms with van der Waals surface area (Å²) in [5, 5.41) is 12.1. The highest BCUT2D eigenvalue weighted by Gasteiger charge is 2.41. The van der Waals surface area contributed by atoms with Crippen LogP contribution >= 0.6 is 0 Å². The van der Waals surface area contributed by atoms with E-state index >= 15 is 0 Å². The molecule has 4 aromatic rings. The fourth-order valence-electron chi connectivity index (χ4n) is 6.07. The van der Waals surface area contributed by atoms with E-state index in [1.54, 1.807) is 18.2 Å². The van der Waals surface area contributed by atoms with Crippen molar-refractivity contribution in [1.29, 1.82) is 0 Å². The van der Waals surface area contributed by atoms with E-state index in [0.717, 1.165) is 28.1 Å². The number of aliphatic hydroxyl groups excluding tert-OH is 1. The van der Waals surface area contributed by atoms with E-state index in [2.05, 4.69) is 29.4 Å². The summed E-state index contributed by atoms with van der Waals surface area (Å²) in [5.74, 6) is -0.972. The van der Waals surface area contributed by atoms with Gasteiger partial charge in [0.25, 0.3) is 5.91 Å². The summed E-state index contributed by atoms with van der Waals surface area (Å²) in [5.41, 5.74) is 4.80. The zero-order chi connectivity index (χ0) is 33.5. The van der Waals surface area contributed by atoms with Crippen molar-refractivity contribution in [3.05, 3.63) is 137 Å². The molecule has 248 valence electrons. The molecule has 2 aliphatic heterocycles. The summed E-state index contributed by atoms with van der Waals surface area (Å²) in [7, 11) is 2.05. The average Bonchev–Trinajstić information content (AvgIpc) is 3.39. The molecule has 4 unspecified atom stereocenters. The Balaban J connectivity index is 1.16. The number of likely N-dealkylation sites (N-methyl/N-ethyl adjacent to an activating group) is 1. The molecule has 0 radical (unpaired) electrons. The molecule has 2 fully saturated rings. The van der Waals surface area contributed by atoms with Gasteiger partial charge in [0.15, 0.2) is 6.29 Å². The summed E-state index contributed by atoms with van der Waals surface area (Å²) >= 11 is 0. The Morgan fingerprint density at radius 2 is 1.58 bits per heavy atom. The number of nitrogens with zero attached hydrogens (tertiary/aromatic N) is 2. The molecule has 2 heterocycles. The maximum absolute atomic E-state index is 13.4. The summed E-state index contributed by atoms with van der Waals surface area (Å²) in [4.78, 5) is 42.2. The second-order valence-electron chi connectivity index (χ2n) is 12.2. The Morgan fingerprint density at radius 1 is 0.875 bits per heavy atom. The van der Waals surface area contributed by atoms with E-state index in [4.69, 9.17) is 14.2 Å². The van der Waals surface area contributed by atoms with E-state index in [1.807, 2.05) is 78.9 Å². The molecule has 10 heteroatoms. The Kier molecular flexibility index (Phi) is 10.6. The zero-order valence-electron chi connectivity index (χ0n) is 26.7. The molecular weight excluding hydrogens is 610 g/mol. The fraction of sp³-hybridized carbons (Fsp3) is 0.289. The number of nitrogens with one attached hydrogen (secondary N) is 1. The van der Waals surface area contributed by atoms with Crippen molar-refractivity contribution >= 4 is 23.6 Å². The number of imide groups is 1. The van der Waals surface area contributed by atoms with Gasteiger partial charge in [-0.15, -0.1) is 0 Å². The van der Waals surface area contributed by atoms with Crippen molar-refractivity contribution in [2.45, 2.75) is 57.1 Å². The van der Waals surface area contributed by atoms with Crippen molar-refractivity contribution in [3.63, 3.8) is 0 Å². The van der Waals surface area contributed by atoms with Crippen LogP contribution in [0.2, 0.25) is 0 Å². The molecule has 0 aromatic heterocycles. The monoisotopic (exact) mass is 649 g/mol. The van der Waals surface area contributed by atoms with Gasteiger partial charge in [0.05, 0.1) is 30.9 Å². The zero-order valence-corrected chi connectivity index (χ0v) is 26.7. The number of anilines is 1. The van der Waals surface area contributed by atoms with Crippen LogP contribution in [0, 0.1) is 0 Å². The number of amides is 3. The lowest BCUT2D eigenvalue weighted by molar-refractivity contribution is -0.252. The van der Waals surface area contributed by atoms with Crippen molar-refractivity contribution in [3.8, 4) is 0 Å². The molecule has 2 aliphatic rings. The maximum atomic E-state index is 13.4. The van der Waals surface area contributed by atoms with Gasteiger partial charge >= 0.3 is 6.09 Å². The minimum Gasteiger partial charge on any atom is -0.445 e. The molecule has 48 heavy (non-hydrogen) atoms.